The van der Waals surface area contributed by atoms with Crippen molar-refractivity contribution in [3.05, 3.63) is 52.1 Å². The van der Waals surface area contributed by atoms with Gasteiger partial charge < -0.3 is 9.88 Å². The highest BCUT2D eigenvalue weighted by atomic mass is 32.1. The Balaban J connectivity index is 1.57. The van der Waals surface area contributed by atoms with Crippen molar-refractivity contribution in [2.45, 2.75) is 44.6 Å². The topological polar surface area (TPSA) is 79.0 Å². The van der Waals surface area contributed by atoms with Gasteiger partial charge in [0.15, 0.2) is 27.1 Å². The number of benzene rings is 1. The zero-order valence-electron chi connectivity index (χ0n) is 15.8. The lowest BCUT2D eigenvalue weighted by Gasteiger charge is -2.24. The molecule has 0 spiro atoms. The molecule has 1 saturated heterocycles. The number of nitrogens with one attached hydrogen (secondary N) is 1. The molecule has 29 heavy (non-hydrogen) atoms. The second-order valence-electron chi connectivity index (χ2n) is 7.24. The number of anilines is 1. The average molecular weight is 418 g/mol. The minimum absolute atomic E-state index is 0.0325. The van der Waals surface area contributed by atoms with E-state index in [2.05, 4.69) is 15.0 Å². The molecule has 0 radical (unpaired) electrons. The van der Waals surface area contributed by atoms with Crippen LogP contribution in [0.1, 0.15) is 49.9 Å². The molecular weight excluding hydrogens is 398 g/mol. The van der Waals surface area contributed by atoms with Crippen LogP contribution in [0.4, 0.5) is 13.9 Å². The number of halogens is 2. The number of carbonyl (C=O) groups excluding carboxylic acids is 1. The predicted molar refractivity (Wildman–Crippen MR) is 108 cm³/mol. The van der Waals surface area contributed by atoms with Crippen LogP contribution in [0, 0.1) is 0 Å². The molecule has 0 bridgehead atoms. The minimum Gasteiger partial charge on any atom is -0.338 e. The molecule has 0 saturated carbocycles. The molecule has 152 valence electrons. The first-order valence-corrected chi connectivity index (χ1v) is 10.3. The molecule has 1 N–H and O–H groups in total. The fraction of sp³-hybridized carbons (Fsp3) is 0.400. The molecule has 0 amide bonds. The van der Waals surface area contributed by atoms with Crippen LogP contribution in [-0.2, 0) is 4.79 Å². The Morgan fingerprint density at radius 1 is 1.31 bits per heavy atom. The molecule has 3 aromatic rings. The van der Waals surface area contributed by atoms with Gasteiger partial charge in [-0.15, -0.1) is 0 Å². The van der Waals surface area contributed by atoms with Gasteiger partial charge in [-0.3, -0.25) is 9.59 Å². The Morgan fingerprint density at radius 3 is 2.79 bits per heavy atom. The highest BCUT2D eigenvalue weighted by Crippen LogP contribution is 2.33. The molecule has 0 unspecified atom stereocenters. The molecule has 1 aromatic carbocycles. The Labute approximate surface area is 169 Å². The van der Waals surface area contributed by atoms with Crippen molar-refractivity contribution in [1.82, 2.24) is 15.0 Å². The molecule has 2 aromatic heterocycles. The smallest absolute Gasteiger partial charge is 0.295 e. The predicted octanol–water partition coefficient (Wildman–Crippen LogP) is 4.05. The number of alkyl halides is 2. The summed E-state index contributed by atoms with van der Waals surface area (Å²) in [7, 11) is 0. The highest BCUT2D eigenvalue weighted by Gasteiger charge is 2.33. The molecule has 0 aliphatic carbocycles. The number of fused-ring (bicyclic) bond motifs is 1. The number of Topliss-reactive ketones (excluding diaryl/α,β-unsaturated/α-hetero) is 1. The van der Waals surface area contributed by atoms with Crippen molar-refractivity contribution >= 4 is 32.6 Å². The molecule has 1 fully saturated rings. The summed E-state index contributed by atoms with van der Waals surface area (Å²) < 4.78 is 25.8. The van der Waals surface area contributed by atoms with Crippen LogP contribution in [0.15, 0.2) is 35.1 Å². The van der Waals surface area contributed by atoms with Crippen LogP contribution >= 0.6 is 11.3 Å². The van der Waals surface area contributed by atoms with E-state index in [1.807, 2.05) is 42.2 Å². The Bertz CT molecular complexity index is 1080. The summed E-state index contributed by atoms with van der Waals surface area (Å²) in [5.74, 6) is -0.448. The van der Waals surface area contributed by atoms with Crippen molar-refractivity contribution in [3.63, 3.8) is 0 Å². The van der Waals surface area contributed by atoms with Crippen LogP contribution in [-0.4, -0.2) is 33.3 Å². The molecule has 3 heterocycles. The summed E-state index contributed by atoms with van der Waals surface area (Å²) >= 11 is 1.07. The van der Waals surface area contributed by atoms with E-state index in [0.717, 1.165) is 23.3 Å². The number of aromatic amines is 1. The number of carbonyl (C=O) groups is 1. The quantitative estimate of drug-likeness (QED) is 0.653. The maximum atomic E-state index is 13.0. The summed E-state index contributed by atoms with van der Waals surface area (Å²) in [6.45, 7) is 2.66. The summed E-state index contributed by atoms with van der Waals surface area (Å²) in [5, 5.41) is 0.479. The zero-order valence-corrected chi connectivity index (χ0v) is 16.6. The van der Waals surface area contributed by atoms with E-state index in [0.29, 0.717) is 24.5 Å². The highest BCUT2D eigenvalue weighted by molar-refractivity contribution is 7.21. The molecule has 1 aliphatic heterocycles. The number of aromatic nitrogens is 3. The number of hydrogen-bond acceptors (Lipinski definition) is 6. The molecule has 6 nitrogen and oxygen atoms in total. The SMILES string of the molecule is C[C@@H](CC(=O)[C@H]1CCCN1c1nc2c(=O)[nH]c(C(F)F)nc2s1)c1ccccc1. The molecule has 9 heteroatoms. The van der Waals surface area contributed by atoms with E-state index in [9.17, 15) is 18.4 Å². The van der Waals surface area contributed by atoms with Gasteiger partial charge >= 0.3 is 0 Å². The zero-order chi connectivity index (χ0) is 20.5. The standard InChI is InChI=1S/C20H20F2N4O2S/c1-11(12-6-3-2-4-7-12)10-14(27)13-8-5-9-26(13)20-23-15-18(28)24-17(16(21)22)25-19(15)29-20/h2-4,6-7,11,13,16H,5,8-10H2,1H3,(H,24,25,28)/t11-,13+/m0/s1. The van der Waals surface area contributed by atoms with Crippen molar-refractivity contribution in [2.24, 2.45) is 0 Å². The van der Waals surface area contributed by atoms with Crippen LogP contribution in [0.5, 0.6) is 0 Å². The van der Waals surface area contributed by atoms with Crippen molar-refractivity contribution in [1.29, 1.82) is 0 Å². The van der Waals surface area contributed by atoms with Crippen molar-refractivity contribution in [3.8, 4) is 0 Å². The second kappa shape index (κ2) is 7.98. The third-order valence-corrected chi connectivity index (χ3v) is 6.22. The number of H-pyrrole nitrogens is 1. The fourth-order valence-corrected chi connectivity index (χ4v) is 4.76. The van der Waals surface area contributed by atoms with Gasteiger partial charge in [-0.1, -0.05) is 48.6 Å². The summed E-state index contributed by atoms with van der Waals surface area (Å²) in [5.41, 5.74) is 0.457. The van der Waals surface area contributed by atoms with Crippen molar-refractivity contribution in [2.75, 3.05) is 11.4 Å². The van der Waals surface area contributed by atoms with Gasteiger partial charge in [-0.2, -0.15) is 0 Å². The van der Waals surface area contributed by atoms with Gasteiger partial charge in [0.25, 0.3) is 12.0 Å². The van der Waals surface area contributed by atoms with Gasteiger partial charge in [-0.05, 0) is 24.3 Å². The van der Waals surface area contributed by atoms with Crippen LogP contribution in [0.3, 0.4) is 0 Å². The first kappa shape index (κ1) is 19.6. The number of thiazole rings is 1. The summed E-state index contributed by atoms with van der Waals surface area (Å²) in [4.78, 5) is 37.3. The molecule has 4 rings (SSSR count). The Hall–Kier alpha value is -2.68. The maximum Gasteiger partial charge on any atom is 0.295 e. The number of rotatable bonds is 6. The van der Waals surface area contributed by atoms with Crippen LogP contribution in [0.2, 0.25) is 0 Å². The Kier molecular flexibility index (Phi) is 5.40. The molecule has 1 aliphatic rings. The first-order chi connectivity index (χ1) is 13.9. The van der Waals surface area contributed by atoms with Crippen LogP contribution < -0.4 is 10.5 Å². The second-order valence-corrected chi connectivity index (χ2v) is 8.19. The maximum absolute atomic E-state index is 13.0. The minimum atomic E-state index is -2.86. The largest absolute Gasteiger partial charge is 0.338 e. The van der Waals surface area contributed by atoms with E-state index >= 15 is 0 Å². The number of ketones is 1. The number of nitrogens with zero attached hydrogens (tertiary/aromatic N) is 3. The number of hydrogen-bond donors (Lipinski definition) is 1. The lowest BCUT2D eigenvalue weighted by molar-refractivity contribution is -0.120. The summed E-state index contributed by atoms with van der Waals surface area (Å²) in [6, 6.07) is 9.55. The van der Waals surface area contributed by atoms with Gasteiger partial charge in [0, 0.05) is 13.0 Å². The average Bonchev–Trinajstić information content (AvgIpc) is 3.35. The lowest BCUT2D eigenvalue weighted by Crippen LogP contribution is -2.36. The third-order valence-electron chi connectivity index (χ3n) is 5.23. The summed E-state index contributed by atoms with van der Waals surface area (Å²) in [6.07, 6.45) is -0.913. The third kappa shape index (κ3) is 3.91. The van der Waals surface area contributed by atoms with E-state index in [-0.39, 0.29) is 28.1 Å². The van der Waals surface area contributed by atoms with E-state index in [1.165, 1.54) is 0 Å². The van der Waals surface area contributed by atoms with Gasteiger partial charge in [0.2, 0.25) is 0 Å². The molecule has 2 atom stereocenters. The van der Waals surface area contributed by atoms with E-state index in [1.54, 1.807) is 0 Å². The van der Waals surface area contributed by atoms with Gasteiger partial charge in [-0.25, -0.2) is 18.7 Å². The first-order valence-electron chi connectivity index (χ1n) is 9.47. The lowest BCUT2D eigenvalue weighted by atomic mass is 9.93. The fourth-order valence-electron chi connectivity index (χ4n) is 3.73. The van der Waals surface area contributed by atoms with Gasteiger partial charge in [0.05, 0.1) is 6.04 Å². The monoisotopic (exact) mass is 418 g/mol. The van der Waals surface area contributed by atoms with Gasteiger partial charge in [0.1, 0.15) is 0 Å². The molecular formula is C20H20F2N4O2S. The van der Waals surface area contributed by atoms with E-state index < -0.39 is 17.8 Å². The van der Waals surface area contributed by atoms with Crippen molar-refractivity contribution < 1.29 is 13.6 Å². The Morgan fingerprint density at radius 2 is 2.07 bits per heavy atom. The van der Waals surface area contributed by atoms with Crippen LogP contribution in [0.25, 0.3) is 10.3 Å². The van der Waals surface area contributed by atoms with E-state index in [4.69, 9.17) is 0 Å². The normalized spacial score (nSPS) is 17.9.